The van der Waals surface area contributed by atoms with E-state index < -0.39 is 0 Å². The van der Waals surface area contributed by atoms with Crippen molar-refractivity contribution in [1.82, 2.24) is 19.9 Å². The predicted octanol–water partition coefficient (Wildman–Crippen LogP) is 6.92. The molecule has 3 aromatic carbocycles. The second-order valence-corrected chi connectivity index (χ2v) is 8.68. The number of nitrogens with zero attached hydrogens (tertiary/aromatic N) is 4. The molecule has 0 bridgehead atoms. The van der Waals surface area contributed by atoms with Gasteiger partial charge in [-0.2, -0.15) is 0 Å². The molecular formula is C31H32FN5. The molecular weight excluding hydrogens is 461 g/mol. The van der Waals surface area contributed by atoms with Crippen molar-refractivity contribution in [3.63, 3.8) is 0 Å². The first-order chi connectivity index (χ1) is 18.0. The molecule has 0 fully saturated rings. The number of amidine groups is 1. The lowest BCUT2D eigenvalue weighted by atomic mass is 10.1. The summed E-state index contributed by atoms with van der Waals surface area (Å²) in [6.45, 7) is 7.03. The minimum absolute atomic E-state index is 0.317. The van der Waals surface area contributed by atoms with Gasteiger partial charge in [0.05, 0.1) is 16.9 Å². The van der Waals surface area contributed by atoms with Crippen molar-refractivity contribution in [3.05, 3.63) is 114 Å². The highest BCUT2D eigenvalue weighted by atomic mass is 19.1. The number of nitrogens with one attached hydrogen (secondary N) is 1. The quantitative estimate of drug-likeness (QED) is 0.214. The van der Waals surface area contributed by atoms with Gasteiger partial charge in [-0.1, -0.05) is 61.5 Å². The van der Waals surface area contributed by atoms with Gasteiger partial charge in [0.15, 0.2) is 5.82 Å². The van der Waals surface area contributed by atoms with Crippen LogP contribution in [0.25, 0.3) is 28.1 Å². The SMILES string of the molecule is CCc1c(C)ccn1-c1nc(-c2ccccc2F)nc2ccccc12.CN=C(C)NCc1ccccc1. The van der Waals surface area contributed by atoms with Gasteiger partial charge >= 0.3 is 0 Å². The molecule has 0 unspecified atom stereocenters. The van der Waals surface area contributed by atoms with Gasteiger partial charge in [0.25, 0.3) is 0 Å². The fourth-order valence-electron chi connectivity index (χ4n) is 4.12. The molecule has 5 nitrogen and oxygen atoms in total. The average Bonchev–Trinajstić information content (AvgIpc) is 3.32. The highest BCUT2D eigenvalue weighted by Crippen LogP contribution is 2.27. The third-order valence-electron chi connectivity index (χ3n) is 6.21. The molecule has 1 N–H and O–H groups in total. The summed E-state index contributed by atoms with van der Waals surface area (Å²) in [6, 6.07) is 26.8. The zero-order valence-electron chi connectivity index (χ0n) is 21.7. The van der Waals surface area contributed by atoms with Crippen molar-refractivity contribution in [3.8, 4) is 17.2 Å². The number of benzene rings is 3. The number of hydrogen-bond donors (Lipinski definition) is 1. The number of aromatic nitrogens is 3. The number of para-hydroxylation sites is 1. The smallest absolute Gasteiger partial charge is 0.165 e. The van der Waals surface area contributed by atoms with Crippen molar-refractivity contribution in [2.75, 3.05) is 7.05 Å². The molecule has 0 aliphatic carbocycles. The summed E-state index contributed by atoms with van der Waals surface area (Å²) in [4.78, 5) is 13.3. The topological polar surface area (TPSA) is 55.1 Å². The maximum absolute atomic E-state index is 14.3. The highest BCUT2D eigenvalue weighted by molar-refractivity contribution is 5.87. The van der Waals surface area contributed by atoms with Gasteiger partial charge in [-0.05, 0) is 61.7 Å². The summed E-state index contributed by atoms with van der Waals surface area (Å²) in [7, 11) is 1.79. The molecule has 5 rings (SSSR count). The molecule has 2 heterocycles. The van der Waals surface area contributed by atoms with Crippen LogP contribution in [0, 0.1) is 12.7 Å². The molecule has 37 heavy (non-hydrogen) atoms. The van der Waals surface area contributed by atoms with Crippen LogP contribution in [0.3, 0.4) is 0 Å². The highest BCUT2D eigenvalue weighted by Gasteiger charge is 2.15. The van der Waals surface area contributed by atoms with Crippen molar-refractivity contribution in [1.29, 1.82) is 0 Å². The van der Waals surface area contributed by atoms with Crippen LogP contribution in [0.4, 0.5) is 4.39 Å². The lowest BCUT2D eigenvalue weighted by Gasteiger charge is -2.13. The van der Waals surface area contributed by atoms with Crippen LogP contribution in [-0.2, 0) is 13.0 Å². The molecule has 0 spiro atoms. The van der Waals surface area contributed by atoms with Crippen LogP contribution in [0.15, 0.2) is 96.1 Å². The Bertz CT molecular complexity index is 1510. The Kier molecular flexibility index (Phi) is 8.41. The van der Waals surface area contributed by atoms with Gasteiger partial charge in [0.2, 0.25) is 0 Å². The first-order valence-electron chi connectivity index (χ1n) is 12.4. The van der Waals surface area contributed by atoms with Crippen LogP contribution in [0.5, 0.6) is 0 Å². The Labute approximate surface area is 217 Å². The number of rotatable bonds is 5. The van der Waals surface area contributed by atoms with Gasteiger partial charge in [0, 0.05) is 30.9 Å². The second-order valence-electron chi connectivity index (χ2n) is 8.68. The van der Waals surface area contributed by atoms with Crippen molar-refractivity contribution >= 4 is 16.7 Å². The summed E-state index contributed by atoms with van der Waals surface area (Å²) in [6.07, 6.45) is 2.92. The third-order valence-corrected chi connectivity index (χ3v) is 6.21. The Morgan fingerprint density at radius 1 is 0.919 bits per heavy atom. The van der Waals surface area contributed by atoms with E-state index in [0.29, 0.717) is 11.4 Å². The first-order valence-corrected chi connectivity index (χ1v) is 12.4. The average molecular weight is 494 g/mol. The van der Waals surface area contributed by atoms with Gasteiger partial charge in [0.1, 0.15) is 11.6 Å². The van der Waals surface area contributed by atoms with E-state index in [4.69, 9.17) is 4.98 Å². The summed E-state index contributed by atoms with van der Waals surface area (Å²) >= 11 is 0. The molecule has 0 amide bonds. The maximum atomic E-state index is 14.3. The minimum atomic E-state index is -0.317. The fraction of sp³-hybridized carbons (Fsp3) is 0.194. The van der Waals surface area contributed by atoms with Crippen molar-refractivity contribution in [2.24, 2.45) is 4.99 Å². The largest absolute Gasteiger partial charge is 0.370 e. The van der Waals surface area contributed by atoms with E-state index in [1.54, 1.807) is 25.2 Å². The second kappa shape index (κ2) is 12.1. The van der Waals surface area contributed by atoms with E-state index in [9.17, 15) is 4.39 Å². The van der Waals surface area contributed by atoms with E-state index in [1.165, 1.54) is 22.9 Å². The Morgan fingerprint density at radius 3 is 2.35 bits per heavy atom. The van der Waals surface area contributed by atoms with E-state index in [1.807, 2.05) is 55.6 Å². The van der Waals surface area contributed by atoms with Gasteiger partial charge in [-0.25, -0.2) is 14.4 Å². The third kappa shape index (κ3) is 6.09. The molecule has 5 aromatic rings. The summed E-state index contributed by atoms with van der Waals surface area (Å²) in [5, 5.41) is 4.15. The van der Waals surface area contributed by atoms with Crippen LogP contribution in [-0.4, -0.2) is 27.4 Å². The maximum Gasteiger partial charge on any atom is 0.165 e. The summed E-state index contributed by atoms with van der Waals surface area (Å²) in [5.41, 5.74) is 4.91. The van der Waals surface area contributed by atoms with Crippen LogP contribution in [0.2, 0.25) is 0 Å². The Balaban J connectivity index is 0.000000225. The molecule has 2 aromatic heterocycles. The fourth-order valence-corrected chi connectivity index (χ4v) is 4.12. The number of halogens is 1. The van der Waals surface area contributed by atoms with Gasteiger partial charge in [-0.15, -0.1) is 0 Å². The molecule has 0 radical (unpaired) electrons. The molecule has 0 saturated carbocycles. The number of aryl methyl sites for hydroxylation is 1. The van der Waals surface area contributed by atoms with E-state index in [0.717, 1.165) is 35.5 Å². The normalized spacial score (nSPS) is 11.2. The zero-order valence-corrected chi connectivity index (χ0v) is 21.7. The van der Waals surface area contributed by atoms with Crippen molar-refractivity contribution < 1.29 is 4.39 Å². The molecule has 0 atom stereocenters. The van der Waals surface area contributed by atoms with Crippen LogP contribution >= 0.6 is 0 Å². The number of fused-ring (bicyclic) bond motifs is 1. The predicted molar refractivity (Wildman–Crippen MR) is 151 cm³/mol. The minimum Gasteiger partial charge on any atom is -0.370 e. The Hall–Kier alpha value is -4.32. The lowest BCUT2D eigenvalue weighted by Crippen LogP contribution is -2.19. The van der Waals surface area contributed by atoms with E-state index >= 15 is 0 Å². The van der Waals surface area contributed by atoms with Gasteiger partial charge in [-0.3, -0.25) is 4.99 Å². The number of hydrogen-bond acceptors (Lipinski definition) is 3. The van der Waals surface area contributed by atoms with Gasteiger partial charge < -0.3 is 9.88 Å². The molecule has 6 heteroatoms. The molecule has 0 aliphatic heterocycles. The molecule has 188 valence electrons. The van der Waals surface area contributed by atoms with Crippen LogP contribution in [0.1, 0.15) is 30.7 Å². The molecule has 0 aliphatic rings. The van der Waals surface area contributed by atoms with Crippen LogP contribution < -0.4 is 5.32 Å². The van der Waals surface area contributed by atoms with Crippen molar-refractivity contribution in [2.45, 2.75) is 33.7 Å². The van der Waals surface area contributed by atoms with E-state index in [2.05, 4.69) is 51.9 Å². The lowest BCUT2D eigenvalue weighted by molar-refractivity contribution is 0.630. The number of aliphatic imine (C=N–C) groups is 1. The molecule has 0 saturated heterocycles. The summed E-state index contributed by atoms with van der Waals surface area (Å²) in [5.74, 6) is 1.84. The first kappa shape index (κ1) is 25.8. The Morgan fingerprint density at radius 2 is 1.62 bits per heavy atom. The van der Waals surface area contributed by atoms with E-state index in [-0.39, 0.29) is 5.82 Å². The summed E-state index contributed by atoms with van der Waals surface area (Å²) < 4.78 is 16.4. The standard InChI is InChI=1S/C21H18FN3.C10H14N2/c1-3-19-14(2)12-13-25(19)21-16-9-5-7-11-18(16)23-20(24-21)15-8-4-6-10-17(15)22;1-9(11-2)12-8-10-6-4-3-5-7-10/h4-13H,3H2,1-2H3;3-7H,8H2,1-2H3,(H,11,12). The monoisotopic (exact) mass is 493 g/mol. The zero-order chi connectivity index (χ0) is 26.2.